The minimum Gasteiger partial charge on any atom is -0.545 e. The average molecular weight is 262 g/mol. The van der Waals surface area contributed by atoms with Crippen LogP contribution in [-0.2, 0) is 24.9 Å². The Morgan fingerprint density at radius 1 is 1.37 bits per heavy atom. The predicted molar refractivity (Wildman–Crippen MR) is 67.9 cm³/mol. The maximum Gasteiger partial charge on any atom is 0.252 e. The van der Waals surface area contributed by atoms with Crippen LogP contribution in [0.15, 0.2) is 49.1 Å². The van der Waals surface area contributed by atoms with Gasteiger partial charge in [0.15, 0.2) is 0 Å². The molecule has 0 aliphatic carbocycles. The third kappa shape index (κ3) is 6.26. The Hall–Kier alpha value is -2.30. The topological polar surface area (TPSA) is 58.2 Å². The molecule has 1 heterocycles. The summed E-state index contributed by atoms with van der Waals surface area (Å²) < 4.78 is 8.39. The summed E-state index contributed by atoms with van der Waals surface area (Å²) in [5.74, 6) is 0. The molecular weight excluding hydrogens is 244 g/mol. The van der Waals surface area contributed by atoms with E-state index in [4.69, 9.17) is 0 Å². The predicted octanol–water partition coefficient (Wildman–Crippen LogP) is 0.879. The second kappa shape index (κ2) is 7.92. The van der Waals surface area contributed by atoms with Crippen molar-refractivity contribution < 1.29 is 19.2 Å². The van der Waals surface area contributed by atoms with Gasteiger partial charge in [0.25, 0.3) is 6.16 Å². The second-order valence-electron chi connectivity index (χ2n) is 3.93. The molecule has 1 aromatic heterocycles. The Bertz CT molecular complexity index is 494. The number of ether oxygens (including phenoxy) is 1. The van der Waals surface area contributed by atoms with Gasteiger partial charge in [0.1, 0.15) is 12.4 Å². The molecule has 0 aliphatic heterocycles. The van der Waals surface area contributed by atoms with Gasteiger partial charge < -0.3 is 14.6 Å². The summed E-state index contributed by atoms with van der Waals surface area (Å²) in [5, 5.41) is 9.84. The van der Waals surface area contributed by atoms with E-state index in [2.05, 4.69) is 28.8 Å². The molecule has 1 aromatic carbocycles. The van der Waals surface area contributed by atoms with Gasteiger partial charge in [0.2, 0.25) is 6.33 Å². The minimum atomic E-state index is -1.49. The number of benzene rings is 1. The fraction of sp³-hybridized carbons (Fsp3) is 0.286. The Labute approximate surface area is 112 Å². The molecule has 0 N–H and O–H groups in total. The van der Waals surface area contributed by atoms with E-state index < -0.39 is 6.16 Å². The zero-order valence-corrected chi connectivity index (χ0v) is 11.2. The van der Waals surface area contributed by atoms with Crippen LogP contribution in [0.25, 0.3) is 0 Å². The van der Waals surface area contributed by atoms with Crippen LogP contribution >= 0.6 is 0 Å². The first kappa shape index (κ1) is 14.8. The number of aromatic nitrogens is 2. The van der Waals surface area contributed by atoms with Crippen molar-refractivity contribution in [2.75, 3.05) is 0 Å². The highest BCUT2D eigenvalue weighted by Gasteiger charge is 1.92. The number of carbonyl (C=O) groups excluding carboxylic acids is 1. The lowest BCUT2D eigenvalue weighted by atomic mass is 10.2. The summed E-state index contributed by atoms with van der Waals surface area (Å²) in [5.41, 5.74) is 0.816. The molecule has 0 saturated carbocycles. The molecule has 0 radical (unpaired) electrons. The van der Waals surface area contributed by atoms with Gasteiger partial charge in [-0.15, -0.1) is 0 Å². The number of carbonyl (C=O) groups is 1. The number of imidazole rings is 1. The summed E-state index contributed by atoms with van der Waals surface area (Å²) in [6, 6.07) is 9.04. The maximum atomic E-state index is 9.84. The maximum absolute atomic E-state index is 9.84. The molecule has 0 saturated heterocycles. The number of carboxylic acid groups (broad SMARTS) is 1. The van der Waals surface area contributed by atoms with Crippen molar-refractivity contribution in [3.05, 3.63) is 54.6 Å². The standard InChI is InChI=1S/C8H8O3.C6H11N2/c9-8(10)11-6-7-4-2-1-3-5-7;1-3-8-5-4-7(2)6-8/h1-5H,6H2,(H,9,10);4-6H,3H2,1-2H3/q;+1/p-1. The summed E-state index contributed by atoms with van der Waals surface area (Å²) in [6.07, 6.45) is 4.65. The largest absolute Gasteiger partial charge is 0.545 e. The van der Waals surface area contributed by atoms with Crippen LogP contribution in [0.5, 0.6) is 0 Å². The van der Waals surface area contributed by atoms with Gasteiger partial charge in [0.05, 0.1) is 20.2 Å². The van der Waals surface area contributed by atoms with Crippen LogP contribution in [-0.4, -0.2) is 10.7 Å². The highest BCUT2D eigenvalue weighted by Crippen LogP contribution is 1.99. The summed E-state index contributed by atoms with van der Waals surface area (Å²) in [7, 11) is 2.02. The summed E-state index contributed by atoms with van der Waals surface area (Å²) >= 11 is 0. The Morgan fingerprint density at radius 3 is 2.47 bits per heavy atom. The Balaban J connectivity index is 0.000000200. The molecule has 0 spiro atoms. The molecule has 19 heavy (non-hydrogen) atoms. The van der Waals surface area contributed by atoms with Crippen molar-refractivity contribution in [2.24, 2.45) is 7.05 Å². The van der Waals surface area contributed by atoms with Gasteiger partial charge in [-0.05, 0) is 12.5 Å². The minimum absolute atomic E-state index is 0.0587. The zero-order valence-electron chi connectivity index (χ0n) is 11.2. The SMILES string of the molecule is CCn1cc[n+](C)c1.O=C([O-])OCc1ccccc1. The van der Waals surface area contributed by atoms with Gasteiger partial charge in [0, 0.05) is 0 Å². The number of hydrogen-bond acceptors (Lipinski definition) is 3. The van der Waals surface area contributed by atoms with E-state index in [1.165, 1.54) is 0 Å². The van der Waals surface area contributed by atoms with E-state index >= 15 is 0 Å². The molecule has 0 atom stereocenters. The fourth-order valence-electron chi connectivity index (χ4n) is 1.41. The lowest BCUT2D eigenvalue weighted by molar-refractivity contribution is -0.671. The van der Waals surface area contributed by atoms with Gasteiger partial charge >= 0.3 is 0 Å². The Morgan fingerprint density at radius 2 is 2.05 bits per heavy atom. The second-order valence-corrected chi connectivity index (χ2v) is 3.93. The number of aryl methyl sites for hydroxylation is 2. The molecule has 2 rings (SSSR count). The molecule has 0 amide bonds. The van der Waals surface area contributed by atoms with Crippen LogP contribution in [0, 0.1) is 0 Å². The number of hydrogen-bond donors (Lipinski definition) is 0. The summed E-state index contributed by atoms with van der Waals surface area (Å²) in [4.78, 5) is 9.84. The van der Waals surface area contributed by atoms with Crippen molar-refractivity contribution in [1.29, 1.82) is 0 Å². The van der Waals surface area contributed by atoms with Crippen LogP contribution in [0.4, 0.5) is 4.79 Å². The summed E-state index contributed by atoms with van der Waals surface area (Å²) in [6.45, 7) is 3.24. The van der Waals surface area contributed by atoms with E-state index in [0.29, 0.717) is 0 Å². The normalized spacial score (nSPS) is 9.37. The van der Waals surface area contributed by atoms with Gasteiger partial charge in [-0.25, -0.2) is 9.13 Å². The molecule has 102 valence electrons. The molecule has 0 unspecified atom stereocenters. The van der Waals surface area contributed by atoms with Gasteiger partial charge in [-0.3, -0.25) is 0 Å². The van der Waals surface area contributed by atoms with Crippen molar-refractivity contribution in [2.45, 2.75) is 20.1 Å². The van der Waals surface area contributed by atoms with E-state index in [1.54, 1.807) is 12.1 Å². The average Bonchev–Trinajstić information content (AvgIpc) is 2.84. The van der Waals surface area contributed by atoms with E-state index in [9.17, 15) is 9.90 Å². The third-order valence-corrected chi connectivity index (χ3v) is 2.39. The molecular formula is C14H18N2O3. The van der Waals surface area contributed by atoms with Crippen molar-refractivity contribution in [3.63, 3.8) is 0 Å². The molecule has 0 aliphatic rings. The van der Waals surface area contributed by atoms with Crippen molar-refractivity contribution in [3.8, 4) is 0 Å². The zero-order chi connectivity index (χ0) is 14.1. The van der Waals surface area contributed by atoms with Crippen LogP contribution in [0.2, 0.25) is 0 Å². The fourth-order valence-corrected chi connectivity index (χ4v) is 1.41. The molecule has 5 nitrogen and oxygen atoms in total. The van der Waals surface area contributed by atoms with E-state index in [0.717, 1.165) is 12.1 Å². The lowest BCUT2D eigenvalue weighted by Crippen LogP contribution is -2.23. The van der Waals surface area contributed by atoms with Crippen LogP contribution < -0.4 is 9.67 Å². The molecule has 0 fully saturated rings. The van der Waals surface area contributed by atoms with Crippen LogP contribution in [0.1, 0.15) is 12.5 Å². The van der Waals surface area contributed by atoms with E-state index in [1.807, 2.05) is 36.0 Å². The third-order valence-electron chi connectivity index (χ3n) is 2.39. The first-order valence-corrected chi connectivity index (χ1v) is 6.00. The first-order valence-electron chi connectivity index (χ1n) is 6.00. The lowest BCUT2D eigenvalue weighted by Gasteiger charge is -2.06. The highest BCUT2D eigenvalue weighted by molar-refractivity contribution is 5.54. The quantitative estimate of drug-likeness (QED) is 0.609. The van der Waals surface area contributed by atoms with Crippen molar-refractivity contribution >= 4 is 6.16 Å². The van der Waals surface area contributed by atoms with E-state index in [-0.39, 0.29) is 6.61 Å². The highest BCUT2D eigenvalue weighted by atomic mass is 16.7. The molecule has 5 heteroatoms. The number of nitrogens with zero attached hydrogens (tertiary/aromatic N) is 2. The Kier molecular flexibility index (Phi) is 6.15. The molecule has 2 aromatic rings. The smallest absolute Gasteiger partial charge is 0.252 e. The van der Waals surface area contributed by atoms with Gasteiger partial charge in [-0.1, -0.05) is 30.3 Å². The van der Waals surface area contributed by atoms with Gasteiger partial charge in [-0.2, -0.15) is 0 Å². The first-order chi connectivity index (χ1) is 9.11. The van der Waals surface area contributed by atoms with Crippen molar-refractivity contribution in [1.82, 2.24) is 4.57 Å². The number of rotatable bonds is 3. The molecule has 0 bridgehead atoms. The monoisotopic (exact) mass is 262 g/mol. The van der Waals surface area contributed by atoms with Crippen LogP contribution in [0.3, 0.4) is 0 Å².